The van der Waals surface area contributed by atoms with Crippen LogP contribution in [0.3, 0.4) is 0 Å². The molecule has 3 aliphatic rings. The number of carbonyl (C=O) groups excluding carboxylic acids is 1. The summed E-state index contributed by atoms with van der Waals surface area (Å²) in [7, 11) is 0. The van der Waals surface area contributed by atoms with Crippen molar-refractivity contribution in [2.75, 3.05) is 26.2 Å². The molecule has 2 N–H and O–H groups in total. The zero-order chi connectivity index (χ0) is 16.2. The van der Waals surface area contributed by atoms with Crippen molar-refractivity contribution in [3.8, 4) is 0 Å². The molecule has 2 bridgehead atoms. The summed E-state index contributed by atoms with van der Waals surface area (Å²) >= 11 is 0. The highest BCUT2D eigenvalue weighted by molar-refractivity contribution is 6.06. The van der Waals surface area contributed by atoms with Gasteiger partial charge in [-0.3, -0.25) is 14.7 Å². The molecule has 3 aliphatic heterocycles. The SMILES string of the molecule is O=C(c1cccc2[nH]ncc12)N1CCN2CCC1CC2.O=CO. The highest BCUT2D eigenvalue weighted by Crippen LogP contribution is 2.25. The lowest BCUT2D eigenvalue weighted by molar-refractivity contribution is -0.122. The lowest BCUT2D eigenvalue weighted by Crippen LogP contribution is -2.41. The lowest BCUT2D eigenvalue weighted by atomic mass is 10.0. The molecular formula is C16H20N4O3. The maximum atomic E-state index is 12.9. The van der Waals surface area contributed by atoms with Gasteiger partial charge in [-0.2, -0.15) is 5.10 Å². The number of carbonyl (C=O) groups is 2. The van der Waals surface area contributed by atoms with Gasteiger partial charge < -0.3 is 14.9 Å². The number of fused-ring (bicyclic) bond motifs is 5. The Labute approximate surface area is 133 Å². The molecule has 3 fully saturated rings. The Morgan fingerprint density at radius 1 is 1.26 bits per heavy atom. The standard InChI is InChI=1S/C15H18N4O.CH2O2/c20-15(12-2-1-3-14-13(12)10-16-17-14)19-9-8-18-6-4-11(19)5-7-18;2-1-3/h1-3,10-11H,4-9H2,(H,16,17);1H,(H,2,3). The normalized spacial score (nSPS) is 23.0. The van der Waals surface area contributed by atoms with Crippen molar-refractivity contribution in [2.24, 2.45) is 0 Å². The van der Waals surface area contributed by atoms with E-state index in [4.69, 9.17) is 9.90 Å². The van der Waals surface area contributed by atoms with Crippen molar-refractivity contribution in [3.63, 3.8) is 0 Å². The van der Waals surface area contributed by atoms with Crippen molar-refractivity contribution < 1.29 is 14.7 Å². The largest absolute Gasteiger partial charge is 0.483 e. The zero-order valence-electron chi connectivity index (χ0n) is 12.8. The first-order valence-corrected chi connectivity index (χ1v) is 7.78. The number of aromatic nitrogens is 2. The molecule has 0 spiro atoms. The van der Waals surface area contributed by atoms with Crippen LogP contribution < -0.4 is 0 Å². The second-order valence-electron chi connectivity index (χ2n) is 5.81. The maximum absolute atomic E-state index is 12.9. The van der Waals surface area contributed by atoms with Gasteiger partial charge in [-0.1, -0.05) is 6.07 Å². The summed E-state index contributed by atoms with van der Waals surface area (Å²) in [6.07, 6.45) is 3.96. The van der Waals surface area contributed by atoms with Gasteiger partial charge in [-0.15, -0.1) is 0 Å². The molecule has 4 heterocycles. The molecule has 7 nitrogen and oxygen atoms in total. The van der Waals surface area contributed by atoms with Gasteiger partial charge in [0, 0.05) is 37.6 Å². The summed E-state index contributed by atoms with van der Waals surface area (Å²) in [6.45, 7) is 3.86. The van der Waals surface area contributed by atoms with E-state index in [0.717, 1.165) is 55.5 Å². The molecule has 5 rings (SSSR count). The molecule has 1 aromatic carbocycles. The van der Waals surface area contributed by atoms with E-state index in [-0.39, 0.29) is 12.4 Å². The third-order valence-electron chi connectivity index (χ3n) is 4.63. The van der Waals surface area contributed by atoms with E-state index in [1.807, 2.05) is 18.2 Å². The second-order valence-corrected chi connectivity index (χ2v) is 5.81. The van der Waals surface area contributed by atoms with Crippen LogP contribution in [-0.4, -0.2) is 69.7 Å². The Morgan fingerprint density at radius 3 is 2.74 bits per heavy atom. The molecule has 23 heavy (non-hydrogen) atoms. The number of hydrogen-bond acceptors (Lipinski definition) is 4. The number of rotatable bonds is 1. The van der Waals surface area contributed by atoms with Gasteiger partial charge >= 0.3 is 0 Å². The fourth-order valence-electron chi connectivity index (χ4n) is 3.46. The van der Waals surface area contributed by atoms with Gasteiger partial charge in [0.05, 0.1) is 17.3 Å². The topological polar surface area (TPSA) is 89.5 Å². The van der Waals surface area contributed by atoms with Crippen LogP contribution in [0.4, 0.5) is 0 Å². The van der Waals surface area contributed by atoms with Gasteiger partial charge in [0.25, 0.3) is 12.4 Å². The summed E-state index contributed by atoms with van der Waals surface area (Å²) in [5.74, 6) is 0.158. The molecule has 122 valence electrons. The first-order valence-electron chi connectivity index (χ1n) is 7.78. The van der Waals surface area contributed by atoms with Gasteiger partial charge in [0.15, 0.2) is 0 Å². The van der Waals surface area contributed by atoms with E-state index in [2.05, 4.69) is 20.0 Å². The number of nitrogens with one attached hydrogen (secondary N) is 1. The van der Waals surface area contributed by atoms with Crippen molar-refractivity contribution in [3.05, 3.63) is 30.0 Å². The zero-order valence-corrected chi connectivity index (χ0v) is 12.8. The van der Waals surface area contributed by atoms with Crippen LogP contribution >= 0.6 is 0 Å². The average Bonchev–Trinajstić information content (AvgIpc) is 2.86. The Morgan fingerprint density at radius 2 is 2.00 bits per heavy atom. The third kappa shape index (κ3) is 3.05. The molecular weight excluding hydrogens is 296 g/mol. The van der Waals surface area contributed by atoms with E-state index in [9.17, 15) is 4.79 Å². The summed E-state index contributed by atoms with van der Waals surface area (Å²) in [4.78, 5) is 25.8. The quantitative estimate of drug-likeness (QED) is 0.771. The highest BCUT2D eigenvalue weighted by atomic mass is 16.3. The maximum Gasteiger partial charge on any atom is 0.290 e. The van der Waals surface area contributed by atoms with Crippen LogP contribution in [-0.2, 0) is 4.79 Å². The van der Waals surface area contributed by atoms with Gasteiger partial charge in [0.1, 0.15) is 0 Å². The van der Waals surface area contributed by atoms with Crippen molar-refractivity contribution in [1.82, 2.24) is 20.0 Å². The summed E-state index contributed by atoms with van der Waals surface area (Å²) in [5, 5.41) is 14.8. The Hall–Kier alpha value is -2.41. The first-order chi connectivity index (χ1) is 11.2. The second kappa shape index (κ2) is 6.78. The number of nitrogens with zero attached hydrogens (tertiary/aromatic N) is 3. The van der Waals surface area contributed by atoms with E-state index < -0.39 is 0 Å². The summed E-state index contributed by atoms with van der Waals surface area (Å²) < 4.78 is 0. The third-order valence-corrected chi connectivity index (χ3v) is 4.63. The predicted molar refractivity (Wildman–Crippen MR) is 85.3 cm³/mol. The number of carboxylic acid groups (broad SMARTS) is 1. The van der Waals surface area contributed by atoms with Gasteiger partial charge in [0.2, 0.25) is 0 Å². The average molecular weight is 316 g/mol. The highest BCUT2D eigenvalue weighted by Gasteiger charge is 2.32. The number of hydrogen-bond donors (Lipinski definition) is 2. The fraction of sp³-hybridized carbons (Fsp3) is 0.438. The molecule has 0 aliphatic carbocycles. The molecule has 0 atom stereocenters. The lowest BCUT2D eigenvalue weighted by Gasteiger charge is -2.31. The Bertz CT molecular complexity index is 691. The summed E-state index contributed by atoms with van der Waals surface area (Å²) in [6, 6.07) is 6.20. The molecule has 1 aromatic heterocycles. The van der Waals surface area contributed by atoms with E-state index >= 15 is 0 Å². The minimum absolute atomic E-state index is 0.158. The molecule has 0 radical (unpaired) electrons. The van der Waals surface area contributed by atoms with Crippen LogP contribution in [0, 0.1) is 0 Å². The van der Waals surface area contributed by atoms with E-state index in [1.165, 1.54) is 0 Å². The van der Waals surface area contributed by atoms with Gasteiger partial charge in [-0.25, -0.2) is 0 Å². The van der Waals surface area contributed by atoms with E-state index in [1.54, 1.807) is 6.20 Å². The minimum Gasteiger partial charge on any atom is -0.483 e. The van der Waals surface area contributed by atoms with Crippen LogP contribution in [0.5, 0.6) is 0 Å². The molecule has 3 saturated heterocycles. The van der Waals surface area contributed by atoms with Crippen LogP contribution in [0.25, 0.3) is 10.9 Å². The molecule has 7 heteroatoms. The Balaban J connectivity index is 0.000000485. The molecule has 1 amide bonds. The number of benzene rings is 1. The van der Waals surface area contributed by atoms with E-state index in [0.29, 0.717) is 6.04 Å². The molecule has 0 unspecified atom stereocenters. The molecule has 2 aromatic rings. The molecule has 0 saturated carbocycles. The van der Waals surface area contributed by atoms with Crippen molar-refractivity contribution in [1.29, 1.82) is 0 Å². The van der Waals surface area contributed by atoms with Crippen LogP contribution in [0.1, 0.15) is 23.2 Å². The monoisotopic (exact) mass is 316 g/mol. The van der Waals surface area contributed by atoms with Crippen LogP contribution in [0.2, 0.25) is 0 Å². The Kier molecular flexibility index (Phi) is 4.57. The first kappa shape index (κ1) is 15.5. The number of H-pyrrole nitrogens is 1. The number of piperidine rings is 1. The minimum atomic E-state index is -0.250. The smallest absolute Gasteiger partial charge is 0.290 e. The summed E-state index contributed by atoms with van der Waals surface area (Å²) in [5.41, 5.74) is 1.70. The fourth-order valence-corrected chi connectivity index (χ4v) is 3.46. The van der Waals surface area contributed by atoms with Gasteiger partial charge in [-0.05, 0) is 25.0 Å². The number of aromatic amines is 1. The number of amides is 1. The van der Waals surface area contributed by atoms with Crippen molar-refractivity contribution >= 4 is 23.3 Å². The van der Waals surface area contributed by atoms with Crippen molar-refractivity contribution in [2.45, 2.75) is 18.9 Å². The van der Waals surface area contributed by atoms with Crippen LogP contribution in [0.15, 0.2) is 24.4 Å². The predicted octanol–water partition coefficient (Wildman–Crippen LogP) is 1.18.